The van der Waals surface area contributed by atoms with Crippen molar-refractivity contribution in [1.82, 2.24) is 0 Å². The van der Waals surface area contributed by atoms with Crippen LogP contribution in [0.2, 0.25) is 18.1 Å². The Labute approximate surface area is 108 Å². The van der Waals surface area contributed by atoms with Gasteiger partial charge in [0.2, 0.25) is 0 Å². The molecule has 3 heteroatoms. The zero-order valence-corrected chi connectivity index (χ0v) is 13.6. The first-order chi connectivity index (χ1) is 7.56. The highest BCUT2D eigenvalue weighted by molar-refractivity contribution is 6.74. The second-order valence-corrected chi connectivity index (χ2v) is 11.1. The van der Waals surface area contributed by atoms with E-state index in [0.717, 1.165) is 11.9 Å². The molecule has 2 atom stereocenters. The van der Waals surface area contributed by atoms with E-state index in [1.54, 1.807) is 0 Å². The fourth-order valence-corrected chi connectivity index (χ4v) is 2.73. The second kappa shape index (κ2) is 5.96. The molecule has 0 heterocycles. The highest BCUT2D eigenvalue weighted by Gasteiger charge is 2.40. The van der Waals surface area contributed by atoms with Gasteiger partial charge in [-0.05, 0) is 37.6 Å². The predicted octanol–water partition coefficient (Wildman–Crippen LogP) is 4.18. The zero-order chi connectivity index (χ0) is 13.9. The van der Waals surface area contributed by atoms with Gasteiger partial charge in [-0.15, -0.1) is 0 Å². The number of aldehydes is 1. The number of rotatable bonds is 5. The largest absolute Gasteiger partial charge is 0.410 e. The monoisotopic (exact) mass is 256 g/mol. The van der Waals surface area contributed by atoms with Crippen LogP contribution in [0.1, 0.15) is 41.5 Å². The first-order valence-electron chi connectivity index (χ1n) is 6.32. The van der Waals surface area contributed by atoms with E-state index in [1.165, 1.54) is 0 Å². The molecule has 0 aliphatic rings. The van der Waals surface area contributed by atoms with E-state index in [9.17, 15) is 4.79 Å². The molecule has 0 aliphatic heterocycles. The first-order valence-corrected chi connectivity index (χ1v) is 9.23. The number of hydrogen-bond donors (Lipinski definition) is 0. The smallest absolute Gasteiger partial charge is 0.192 e. The topological polar surface area (TPSA) is 26.3 Å². The fourth-order valence-electron chi connectivity index (χ4n) is 1.34. The molecule has 0 bridgehead atoms. The van der Waals surface area contributed by atoms with Gasteiger partial charge < -0.3 is 9.22 Å². The molecule has 0 aliphatic carbocycles. The summed E-state index contributed by atoms with van der Waals surface area (Å²) in [5, 5.41) is 0.169. The quantitative estimate of drug-likeness (QED) is 0.419. The maximum Gasteiger partial charge on any atom is 0.192 e. The third kappa shape index (κ3) is 4.40. The van der Waals surface area contributed by atoms with Crippen molar-refractivity contribution >= 4 is 14.6 Å². The molecule has 0 fully saturated rings. The van der Waals surface area contributed by atoms with Crippen LogP contribution in [-0.4, -0.2) is 20.7 Å². The fraction of sp³-hybridized carbons (Fsp3) is 0.786. The van der Waals surface area contributed by atoms with Crippen molar-refractivity contribution in [1.29, 1.82) is 0 Å². The van der Waals surface area contributed by atoms with E-state index < -0.39 is 8.32 Å². The molecule has 0 aromatic rings. The predicted molar refractivity (Wildman–Crippen MR) is 76.7 cm³/mol. The summed E-state index contributed by atoms with van der Waals surface area (Å²) in [6, 6.07) is 0. The molecule has 0 radical (unpaired) electrons. The van der Waals surface area contributed by atoms with Crippen molar-refractivity contribution in [2.45, 2.75) is 65.8 Å². The van der Waals surface area contributed by atoms with Crippen LogP contribution in [0.3, 0.4) is 0 Å². The Morgan fingerprint density at radius 2 is 1.76 bits per heavy atom. The summed E-state index contributed by atoms with van der Waals surface area (Å²) in [7, 11) is -1.83. The summed E-state index contributed by atoms with van der Waals surface area (Å²) in [6.07, 6.45) is 2.96. The van der Waals surface area contributed by atoms with Crippen LogP contribution in [0.15, 0.2) is 11.6 Å². The molecule has 0 rings (SSSR count). The lowest BCUT2D eigenvalue weighted by molar-refractivity contribution is -0.112. The van der Waals surface area contributed by atoms with Crippen LogP contribution in [0.4, 0.5) is 0 Å². The molecule has 0 saturated heterocycles. The van der Waals surface area contributed by atoms with E-state index in [4.69, 9.17) is 4.43 Å². The van der Waals surface area contributed by atoms with Crippen LogP contribution in [0.25, 0.3) is 0 Å². The lowest BCUT2D eigenvalue weighted by atomic mass is 10.00. The SMILES string of the molecule is C/C=C(\C)[C@@H](O[Si](C)(C)C(C)(C)C)[C@@H](C)C=O. The summed E-state index contributed by atoms with van der Waals surface area (Å²) < 4.78 is 6.35. The third-order valence-electron chi connectivity index (χ3n) is 3.82. The highest BCUT2D eigenvalue weighted by atomic mass is 28.4. The molecule has 0 amide bonds. The number of carbonyl (C=O) groups excluding carboxylic acids is 1. The van der Waals surface area contributed by atoms with Crippen molar-refractivity contribution in [3.63, 3.8) is 0 Å². The minimum absolute atomic E-state index is 0.0709. The number of hydrogen-bond acceptors (Lipinski definition) is 2. The van der Waals surface area contributed by atoms with Crippen molar-refractivity contribution in [2.24, 2.45) is 5.92 Å². The Kier molecular flexibility index (Phi) is 5.82. The van der Waals surface area contributed by atoms with Gasteiger partial charge in [0, 0.05) is 5.92 Å². The van der Waals surface area contributed by atoms with Crippen molar-refractivity contribution in [3.05, 3.63) is 11.6 Å². The molecule has 0 spiro atoms. The maximum atomic E-state index is 11.0. The van der Waals surface area contributed by atoms with Crippen molar-refractivity contribution in [3.8, 4) is 0 Å². The lowest BCUT2D eigenvalue weighted by Crippen LogP contribution is -2.46. The minimum atomic E-state index is -1.83. The summed E-state index contributed by atoms with van der Waals surface area (Å²) in [4.78, 5) is 11.0. The number of carbonyl (C=O) groups is 1. The van der Waals surface area contributed by atoms with Gasteiger partial charge in [-0.2, -0.15) is 0 Å². The van der Waals surface area contributed by atoms with Crippen LogP contribution >= 0.6 is 0 Å². The normalized spacial score (nSPS) is 17.8. The van der Waals surface area contributed by atoms with Crippen molar-refractivity contribution < 1.29 is 9.22 Å². The Balaban J connectivity index is 5.07. The van der Waals surface area contributed by atoms with E-state index in [0.29, 0.717) is 0 Å². The van der Waals surface area contributed by atoms with E-state index >= 15 is 0 Å². The molecule has 100 valence electrons. The highest BCUT2D eigenvalue weighted by Crippen LogP contribution is 2.38. The molecule has 0 saturated carbocycles. The third-order valence-corrected chi connectivity index (χ3v) is 8.28. The Bertz CT molecular complexity index is 287. The first kappa shape index (κ1) is 16.6. The van der Waals surface area contributed by atoms with Crippen molar-refractivity contribution in [2.75, 3.05) is 0 Å². The van der Waals surface area contributed by atoms with Gasteiger partial charge in [0.1, 0.15) is 6.29 Å². The Morgan fingerprint density at radius 3 is 2.06 bits per heavy atom. The van der Waals surface area contributed by atoms with Gasteiger partial charge in [-0.1, -0.05) is 33.8 Å². The van der Waals surface area contributed by atoms with Gasteiger partial charge in [0.05, 0.1) is 6.10 Å². The molecule has 2 nitrogen and oxygen atoms in total. The standard InChI is InChI=1S/C14H28O2Si/c1-9-11(2)13(12(3)10-15)16-17(7,8)14(4,5)6/h9-10,12-13H,1-8H3/b11-9+/t12-,13+/m0/s1. The average molecular weight is 256 g/mol. The second-order valence-electron chi connectivity index (χ2n) is 6.33. The van der Waals surface area contributed by atoms with Gasteiger partial charge >= 0.3 is 0 Å². The average Bonchev–Trinajstić information content (AvgIpc) is 2.22. The van der Waals surface area contributed by atoms with E-state index in [2.05, 4.69) is 33.9 Å². The Hall–Kier alpha value is -0.413. The molecule has 0 aromatic carbocycles. The molecule has 0 aromatic heterocycles. The van der Waals surface area contributed by atoms with Crippen LogP contribution in [0.5, 0.6) is 0 Å². The summed E-state index contributed by atoms with van der Waals surface area (Å²) >= 11 is 0. The van der Waals surface area contributed by atoms with Gasteiger partial charge in [0.25, 0.3) is 0 Å². The summed E-state index contributed by atoms with van der Waals surface area (Å²) in [5.41, 5.74) is 1.15. The van der Waals surface area contributed by atoms with Gasteiger partial charge in [-0.3, -0.25) is 0 Å². The Morgan fingerprint density at radius 1 is 1.29 bits per heavy atom. The molecular weight excluding hydrogens is 228 g/mol. The molecule has 17 heavy (non-hydrogen) atoms. The molecule has 0 N–H and O–H groups in total. The molecule has 0 unspecified atom stereocenters. The number of allylic oxidation sites excluding steroid dienone is 1. The van der Waals surface area contributed by atoms with Crippen LogP contribution in [0, 0.1) is 5.92 Å². The summed E-state index contributed by atoms with van der Waals surface area (Å²) in [6.45, 7) is 17.1. The zero-order valence-electron chi connectivity index (χ0n) is 12.6. The summed E-state index contributed by atoms with van der Waals surface area (Å²) in [5.74, 6) is -0.0830. The van der Waals surface area contributed by atoms with Gasteiger partial charge in [-0.25, -0.2) is 0 Å². The minimum Gasteiger partial charge on any atom is -0.410 e. The molecular formula is C14H28O2Si. The van der Waals surface area contributed by atoms with E-state index in [-0.39, 0.29) is 17.1 Å². The van der Waals surface area contributed by atoms with E-state index in [1.807, 2.05) is 26.8 Å². The van der Waals surface area contributed by atoms with Crippen LogP contribution < -0.4 is 0 Å². The lowest BCUT2D eigenvalue weighted by Gasteiger charge is -2.40. The maximum absolute atomic E-state index is 11.0. The van der Waals surface area contributed by atoms with Crippen LogP contribution in [-0.2, 0) is 9.22 Å². The van der Waals surface area contributed by atoms with Gasteiger partial charge in [0.15, 0.2) is 8.32 Å².